The van der Waals surface area contributed by atoms with Crippen LogP contribution in [0.3, 0.4) is 0 Å². The molecule has 0 amide bonds. The second kappa shape index (κ2) is 4.34. The van der Waals surface area contributed by atoms with Gasteiger partial charge in [0.2, 0.25) is 0 Å². The molecular weight excluding hydrogens is 240 g/mol. The second-order valence-corrected chi connectivity index (χ2v) is 6.98. The number of nitrogens with two attached hydrogens (primary N) is 1. The molecule has 19 heavy (non-hydrogen) atoms. The van der Waals surface area contributed by atoms with Gasteiger partial charge in [-0.3, -0.25) is 4.79 Å². The summed E-state index contributed by atoms with van der Waals surface area (Å²) in [5.74, 6) is 0.419. The first kappa shape index (κ1) is 14.1. The number of hydrogen-bond acceptors (Lipinski definition) is 4. The van der Waals surface area contributed by atoms with Crippen LogP contribution >= 0.6 is 0 Å². The molecule has 1 saturated carbocycles. The van der Waals surface area contributed by atoms with Crippen LogP contribution in [0.2, 0.25) is 0 Å². The molecule has 0 aromatic carbocycles. The van der Waals surface area contributed by atoms with Gasteiger partial charge in [-0.2, -0.15) is 0 Å². The third kappa shape index (κ3) is 2.39. The maximum Gasteiger partial charge on any atom is 0.293 e. The van der Waals surface area contributed by atoms with Crippen molar-refractivity contribution in [2.24, 2.45) is 11.1 Å². The molecule has 0 spiro atoms. The van der Waals surface area contributed by atoms with Crippen molar-refractivity contribution in [3.8, 4) is 0 Å². The van der Waals surface area contributed by atoms with Gasteiger partial charge < -0.3 is 15.6 Å². The maximum absolute atomic E-state index is 12.4. The summed E-state index contributed by atoms with van der Waals surface area (Å²) >= 11 is 0. The summed E-state index contributed by atoms with van der Waals surface area (Å²) in [6.45, 7) is 10.2. The third-order valence-corrected chi connectivity index (χ3v) is 4.22. The van der Waals surface area contributed by atoms with Crippen molar-refractivity contribution >= 4 is 5.82 Å². The lowest BCUT2D eigenvalue weighted by Gasteiger charge is -2.50. The van der Waals surface area contributed by atoms with E-state index in [0.29, 0.717) is 5.82 Å². The van der Waals surface area contributed by atoms with E-state index in [0.717, 1.165) is 6.42 Å². The molecule has 5 nitrogen and oxygen atoms in total. The van der Waals surface area contributed by atoms with Crippen molar-refractivity contribution in [2.45, 2.75) is 58.7 Å². The first-order valence-electron chi connectivity index (χ1n) is 6.74. The molecule has 1 fully saturated rings. The van der Waals surface area contributed by atoms with Gasteiger partial charge in [0.05, 0.1) is 0 Å². The standard InChI is InChI=1S/C14H24N4O/c1-13(2,3)18-7-6-16-11(12(18)19)17-10-8-9(15)14(10,4)5/h6-7,9-10H,8,15H2,1-5H3,(H,16,17). The van der Waals surface area contributed by atoms with Crippen LogP contribution < -0.4 is 16.6 Å². The number of aromatic nitrogens is 2. The fourth-order valence-corrected chi connectivity index (χ4v) is 2.41. The van der Waals surface area contributed by atoms with Gasteiger partial charge in [-0.1, -0.05) is 13.8 Å². The lowest BCUT2D eigenvalue weighted by atomic mass is 9.63. The number of nitrogens with zero attached hydrogens (tertiary/aromatic N) is 2. The minimum atomic E-state index is -0.248. The van der Waals surface area contributed by atoms with E-state index in [-0.39, 0.29) is 28.6 Å². The van der Waals surface area contributed by atoms with Crippen LogP contribution in [0.1, 0.15) is 41.0 Å². The Labute approximate surface area is 114 Å². The molecule has 0 aliphatic heterocycles. The van der Waals surface area contributed by atoms with Gasteiger partial charge in [0.15, 0.2) is 5.82 Å². The molecule has 2 rings (SSSR count). The Balaban J connectivity index is 2.26. The van der Waals surface area contributed by atoms with Gasteiger partial charge in [0.1, 0.15) is 0 Å². The SMILES string of the molecule is CC1(C)C(N)CC1Nc1nccn(C(C)(C)C)c1=O. The smallest absolute Gasteiger partial charge is 0.293 e. The summed E-state index contributed by atoms with van der Waals surface area (Å²) in [7, 11) is 0. The van der Waals surface area contributed by atoms with Gasteiger partial charge in [0, 0.05) is 35.4 Å². The van der Waals surface area contributed by atoms with Gasteiger partial charge in [0.25, 0.3) is 5.56 Å². The number of rotatable bonds is 2. The first-order chi connectivity index (χ1) is 8.64. The summed E-state index contributed by atoms with van der Waals surface area (Å²) < 4.78 is 1.70. The molecule has 0 bridgehead atoms. The Kier molecular flexibility index (Phi) is 3.21. The minimum Gasteiger partial charge on any atom is -0.362 e. The van der Waals surface area contributed by atoms with Crippen LogP contribution in [-0.2, 0) is 5.54 Å². The molecule has 2 unspecified atom stereocenters. The Hall–Kier alpha value is -1.36. The summed E-state index contributed by atoms with van der Waals surface area (Å²) in [4.78, 5) is 16.6. The fraction of sp³-hybridized carbons (Fsp3) is 0.714. The van der Waals surface area contributed by atoms with Crippen molar-refractivity contribution in [2.75, 3.05) is 5.32 Å². The molecule has 106 valence electrons. The molecule has 1 heterocycles. The summed E-state index contributed by atoms with van der Waals surface area (Å²) in [5.41, 5.74) is 5.66. The van der Waals surface area contributed by atoms with Gasteiger partial charge >= 0.3 is 0 Å². The highest BCUT2D eigenvalue weighted by Gasteiger charge is 2.46. The zero-order valence-corrected chi connectivity index (χ0v) is 12.4. The quantitative estimate of drug-likeness (QED) is 0.849. The summed E-state index contributed by atoms with van der Waals surface area (Å²) in [6, 6.07) is 0.386. The molecule has 5 heteroatoms. The second-order valence-electron chi connectivity index (χ2n) is 6.98. The summed E-state index contributed by atoms with van der Waals surface area (Å²) in [5, 5.41) is 3.26. The van der Waals surface area contributed by atoms with Crippen LogP contribution in [0.4, 0.5) is 5.82 Å². The number of nitrogens with one attached hydrogen (secondary N) is 1. The molecule has 2 atom stereocenters. The van der Waals surface area contributed by atoms with Crippen LogP contribution in [0.25, 0.3) is 0 Å². The van der Waals surface area contributed by atoms with Crippen LogP contribution in [-0.4, -0.2) is 21.6 Å². The molecule has 1 aromatic rings. The zero-order valence-electron chi connectivity index (χ0n) is 12.4. The van der Waals surface area contributed by atoms with Gasteiger partial charge in [-0.25, -0.2) is 4.98 Å². The highest BCUT2D eigenvalue weighted by Crippen LogP contribution is 2.40. The molecule has 0 saturated heterocycles. The Morgan fingerprint density at radius 1 is 1.47 bits per heavy atom. The predicted molar refractivity (Wildman–Crippen MR) is 77.3 cm³/mol. The first-order valence-corrected chi connectivity index (χ1v) is 6.74. The minimum absolute atomic E-state index is 0.00345. The Morgan fingerprint density at radius 2 is 2.11 bits per heavy atom. The van der Waals surface area contributed by atoms with Crippen molar-refractivity contribution < 1.29 is 0 Å². The van der Waals surface area contributed by atoms with Crippen LogP contribution in [0, 0.1) is 5.41 Å². The molecule has 1 aliphatic rings. The lowest BCUT2D eigenvalue weighted by molar-refractivity contribution is 0.117. The molecule has 1 aliphatic carbocycles. The van der Waals surface area contributed by atoms with Crippen molar-refractivity contribution in [3.63, 3.8) is 0 Å². The van der Waals surface area contributed by atoms with E-state index >= 15 is 0 Å². The van der Waals surface area contributed by atoms with E-state index in [9.17, 15) is 4.79 Å². The fourth-order valence-electron chi connectivity index (χ4n) is 2.41. The van der Waals surface area contributed by atoms with E-state index in [1.807, 2.05) is 20.8 Å². The molecule has 1 aromatic heterocycles. The summed E-state index contributed by atoms with van der Waals surface area (Å²) in [6.07, 6.45) is 4.27. The number of hydrogen-bond donors (Lipinski definition) is 2. The monoisotopic (exact) mass is 264 g/mol. The van der Waals surface area contributed by atoms with E-state index < -0.39 is 0 Å². The van der Waals surface area contributed by atoms with Crippen LogP contribution in [0.5, 0.6) is 0 Å². The van der Waals surface area contributed by atoms with Crippen molar-refractivity contribution in [1.82, 2.24) is 9.55 Å². The third-order valence-electron chi connectivity index (χ3n) is 4.22. The average molecular weight is 264 g/mol. The predicted octanol–water partition coefficient (Wildman–Crippen LogP) is 1.54. The Bertz CT molecular complexity index is 527. The van der Waals surface area contributed by atoms with Gasteiger partial charge in [-0.05, 0) is 27.2 Å². The normalized spacial score (nSPS) is 25.8. The van der Waals surface area contributed by atoms with E-state index in [1.165, 1.54) is 0 Å². The highest BCUT2D eigenvalue weighted by atomic mass is 16.1. The zero-order chi connectivity index (χ0) is 14.4. The van der Waals surface area contributed by atoms with Gasteiger partial charge in [-0.15, -0.1) is 0 Å². The Morgan fingerprint density at radius 3 is 2.58 bits per heavy atom. The van der Waals surface area contributed by atoms with E-state index in [1.54, 1.807) is 17.0 Å². The van der Waals surface area contributed by atoms with Crippen LogP contribution in [0.15, 0.2) is 17.2 Å². The average Bonchev–Trinajstić information content (AvgIpc) is 2.29. The van der Waals surface area contributed by atoms with Crippen molar-refractivity contribution in [1.29, 1.82) is 0 Å². The topological polar surface area (TPSA) is 72.9 Å². The lowest BCUT2D eigenvalue weighted by Crippen LogP contribution is -2.61. The largest absolute Gasteiger partial charge is 0.362 e. The molecule has 3 N–H and O–H groups in total. The maximum atomic E-state index is 12.4. The van der Waals surface area contributed by atoms with Crippen molar-refractivity contribution in [3.05, 3.63) is 22.7 Å². The van der Waals surface area contributed by atoms with E-state index in [4.69, 9.17) is 5.73 Å². The van der Waals surface area contributed by atoms with E-state index in [2.05, 4.69) is 24.1 Å². The molecular formula is C14H24N4O. The highest BCUT2D eigenvalue weighted by molar-refractivity contribution is 5.35. The number of anilines is 1. The molecule has 0 radical (unpaired) electrons.